The molecule has 0 saturated carbocycles. The van der Waals surface area contributed by atoms with Crippen LogP contribution in [-0.2, 0) is 23.2 Å². The maximum atomic E-state index is 11.0. The van der Waals surface area contributed by atoms with Gasteiger partial charge < -0.3 is 10.8 Å². The van der Waals surface area contributed by atoms with Crippen LogP contribution >= 0.6 is 0 Å². The average molecular weight is 363 g/mol. The molecule has 27 heavy (non-hydrogen) atoms. The zero-order chi connectivity index (χ0) is 19.3. The molecule has 1 aliphatic heterocycles. The van der Waals surface area contributed by atoms with Crippen molar-refractivity contribution >= 4 is 5.97 Å². The molecule has 1 unspecified atom stereocenters. The summed E-state index contributed by atoms with van der Waals surface area (Å²) in [7, 11) is 0. The van der Waals surface area contributed by atoms with Gasteiger partial charge in [-0.25, -0.2) is 0 Å². The Bertz CT molecular complexity index is 821. The predicted molar refractivity (Wildman–Crippen MR) is 104 cm³/mol. The van der Waals surface area contributed by atoms with Gasteiger partial charge in [-0.2, -0.15) is 5.26 Å². The molecular weight excluding hydrogens is 338 g/mol. The summed E-state index contributed by atoms with van der Waals surface area (Å²) in [5.74, 6) is -0.981. The maximum Gasteiger partial charge on any atom is 0.320 e. The largest absolute Gasteiger partial charge is 0.480 e. The molecule has 0 aromatic heterocycles. The molecule has 0 bridgehead atoms. The summed E-state index contributed by atoms with van der Waals surface area (Å²) in [6, 6.07) is 19.7. The third kappa shape index (κ3) is 4.54. The van der Waals surface area contributed by atoms with Crippen LogP contribution < -0.4 is 5.73 Å². The van der Waals surface area contributed by atoms with Gasteiger partial charge >= 0.3 is 5.97 Å². The molecule has 140 valence electrons. The van der Waals surface area contributed by atoms with E-state index in [2.05, 4.69) is 17.0 Å². The third-order valence-electron chi connectivity index (χ3n) is 5.42. The number of likely N-dealkylation sites (tertiary alicyclic amines) is 1. The normalized spacial score (nSPS) is 17.8. The summed E-state index contributed by atoms with van der Waals surface area (Å²) >= 11 is 0. The maximum absolute atomic E-state index is 11.0. The molecule has 0 spiro atoms. The van der Waals surface area contributed by atoms with Crippen molar-refractivity contribution in [1.82, 2.24) is 4.90 Å². The molecule has 0 aliphatic carbocycles. The Hall–Kier alpha value is -2.68. The fourth-order valence-electron chi connectivity index (χ4n) is 3.77. The Kier molecular flexibility index (Phi) is 5.90. The van der Waals surface area contributed by atoms with Crippen molar-refractivity contribution in [3.05, 3.63) is 71.3 Å². The minimum Gasteiger partial charge on any atom is -0.480 e. The molecule has 0 amide bonds. The van der Waals surface area contributed by atoms with Crippen LogP contribution in [0.1, 0.15) is 29.5 Å². The van der Waals surface area contributed by atoms with Gasteiger partial charge in [-0.3, -0.25) is 9.69 Å². The lowest BCUT2D eigenvalue weighted by Gasteiger charge is -2.37. The van der Waals surface area contributed by atoms with Crippen LogP contribution in [-0.4, -0.2) is 35.1 Å². The van der Waals surface area contributed by atoms with Gasteiger partial charge in [0.05, 0.1) is 11.5 Å². The monoisotopic (exact) mass is 363 g/mol. The van der Waals surface area contributed by atoms with E-state index in [-0.39, 0.29) is 0 Å². The second-order valence-electron chi connectivity index (χ2n) is 7.30. The van der Waals surface area contributed by atoms with Crippen LogP contribution in [0.3, 0.4) is 0 Å². The van der Waals surface area contributed by atoms with Crippen molar-refractivity contribution < 1.29 is 9.90 Å². The van der Waals surface area contributed by atoms with E-state index in [9.17, 15) is 10.1 Å². The van der Waals surface area contributed by atoms with Crippen molar-refractivity contribution in [2.45, 2.75) is 37.3 Å². The molecule has 5 nitrogen and oxygen atoms in total. The number of carbonyl (C=O) groups is 1. The second kappa shape index (κ2) is 8.34. The fraction of sp³-hybridized carbons (Fsp3) is 0.364. The van der Waals surface area contributed by atoms with Crippen LogP contribution in [0.2, 0.25) is 0 Å². The number of rotatable bonds is 6. The zero-order valence-electron chi connectivity index (χ0n) is 15.3. The van der Waals surface area contributed by atoms with Gasteiger partial charge in [0.1, 0.15) is 6.04 Å². The molecule has 3 N–H and O–H groups in total. The summed E-state index contributed by atoms with van der Waals surface area (Å²) in [5, 5.41) is 18.8. The van der Waals surface area contributed by atoms with Gasteiger partial charge in [0.25, 0.3) is 0 Å². The van der Waals surface area contributed by atoms with E-state index >= 15 is 0 Å². The number of benzene rings is 2. The van der Waals surface area contributed by atoms with Crippen molar-refractivity contribution in [2.75, 3.05) is 13.1 Å². The molecule has 1 saturated heterocycles. The molecule has 1 fully saturated rings. The van der Waals surface area contributed by atoms with Gasteiger partial charge in [-0.15, -0.1) is 0 Å². The topological polar surface area (TPSA) is 90.4 Å². The number of aliphatic carboxylic acids is 1. The summed E-state index contributed by atoms with van der Waals surface area (Å²) in [6.45, 7) is 2.52. The zero-order valence-corrected chi connectivity index (χ0v) is 15.3. The highest BCUT2D eigenvalue weighted by atomic mass is 16.4. The summed E-state index contributed by atoms with van der Waals surface area (Å²) in [6.07, 6.45) is 1.96. The minimum atomic E-state index is -0.981. The summed E-state index contributed by atoms with van der Waals surface area (Å²) in [4.78, 5) is 13.3. The molecule has 2 aromatic rings. The molecule has 1 atom stereocenters. The Balaban J connectivity index is 1.63. The SMILES string of the molecule is N#CC1(c2ccccc2)CCN(Cc2cccc(CC(N)C(=O)O)c2)CC1. The van der Waals surface area contributed by atoms with E-state index < -0.39 is 17.4 Å². The number of carboxylic acid groups (broad SMARTS) is 1. The van der Waals surface area contributed by atoms with E-state index in [1.807, 2.05) is 48.5 Å². The van der Waals surface area contributed by atoms with Crippen LogP contribution in [0, 0.1) is 11.3 Å². The van der Waals surface area contributed by atoms with Gasteiger partial charge in [0, 0.05) is 19.6 Å². The summed E-state index contributed by atoms with van der Waals surface area (Å²) < 4.78 is 0. The molecule has 0 radical (unpaired) electrons. The smallest absolute Gasteiger partial charge is 0.320 e. The molecule has 2 aromatic carbocycles. The van der Waals surface area contributed by atoms with Crippen molar-refractivity contribution in [3.8, 4) is 6.07 Å². The number of nitriles is 1. The Morgan fingerprint density at radius 1 is 1.15 bits per heavy atom. The Morgan fingerprint density at radius 3 is 2.44 bits per heavy atom. The van der Waals surface area contributed by atoms with Gasteiger partial charge in [0.15, 0.2) is 0 Å². The number of carboxylic acids is 1. The molecule has 3 rings (SSSR count). The first-order chi connectivity index (χ1) is 13.0. The van der Waals surface area contributed by atoms with Gasteiger partial charge in [0.2, 0.25) is 0 Å². The lowest BCUT2D eigenvalue weighted by atomic mass is 9.74. The van der Waals surface area contributed by atoms with Gasteiger partial charge in [-0.1, -0.05) is 54.6 Å². The first-order valence-corrected chi connectivity index (χ1v) is 9.28. The molecule has 5 heteroatoms. The quantitative estimate of drug-likeness (QED) is 0.823. The van der Waals surface area contributed by atoms with Crippen LogP contribution in [0.25, 0.3) is 0 Å². The van der Waals surface area contributed by atoms with Crippen LogP contribution in [0.4, 0.5) is 0 Å². The Labute approximate surface area is 160 Å². The number of hydrogen-bond donors (Lipinski definition) is 2. The number of piperidine rings is 1. The van der Waals surface area contributed by atoms with Crippen molar-refractivity contribution in [2.24, 2.45) is 5.73 Å². The van der Waals surface area contributed by atoms with E-state index in [1.54, 1.807) is 0 Å². The van der Waals surface area contributed by atoms with Crippen LogP contribution in [0.15, 0.2) is 54.6 Å². The predicted octanol–water partition coefficient (Wildman–Crippen LogP) is 2.70. The number of nitrogens with two attached hydrogens (primary N) is 1. The van der Waals surface area contributed by atoms with Crippen molar-refractivity contribution in [1.29, 1.82) is 5.26 Å². The highest BCUT2D eigenvalue weighted by Gasteiger charge is 2.36. The molecule has 1 aliphatic rings. The highest BCUT2D eigenvalue weighted by molar-refractivity contribution is 5.73. The minimum absolute atomic E-state index is 0.328. The lowest BCUT2D eigenvalue weighted by molar-refractivity contribution is -0.138. The average Bonchev–Trinajstić information content (AvgIpc) is 2.69. The van der Waals surface area contributed by atoms with E-state index in [4.69, 9.17) is 10.8 Å². The highest BCUT2D eigenvalue weighted by Crippen LogP contribution is 2.35. The first kappa shape index (κ1) is 19.1. The van der Waals surface area contributed by atoms with Gasteiger partial charge in [-0.05, 0) is 36.0 Å². The first-order valence-electron chi connectivity index (χ1n) is 9.28. The van der Waals surface area contributed by atoms with E-state index in [0.29, 0.717) is 6.42 Å². The number of hydrogen-bond acceptors (Lipinski definition) is 4. The standard InChI is InChI=1S/C22H25N3O2/c23-16-22(19-7-2-1-3-8-19)9-11-25(12-10-22)15-18-6-4-5-17(13-18)14-20(24)21(26)27/h1-8,13,20H,9-12,14-15,24H2,(H,26,27). The van der Waals surface area contributed by atoms with Crippen molar-refractivity contribution in [3.63, 3.8) is 0 Å². The van der Waals surface area contributed by atoms with E-state index in [1.165, 1.54) is 0 Å². The fourth-order valence-corrected chi connectivity index (χ4v) is 3.77. The second-order valence-corrected chi connectivity index (χ2v) is 7.30. The Morgan fingerprint density at radius 2 is 1.81 bits per heavy atom. The molecule has 1 heterocycles. The molecular formula is C22H25N3O2. The number of nitrogens with zero attached hydrogens (tertiary/aromatic N) is 2. The third-order valence-corrected chi connectivity index (χ3v) is 5.42. The van der Waals surface area contributed by atoms with E-state index in [0.717, 1.165) is 49.2 Å². The summed E-state index contributed by atoms with van der Waals surface area (Å²) in [5.41, 5.74) is 8.44. The lowest BCUT2D eigenvalue weighted by Crippen LogP contribution is -2.41. The van der Waals surface area contributed by atoms with Crippen LogP contribution in [0.5, 0.6) is 0 Å².